The fourth-order valence-corrected chi connectivity index (χ4v) is 3.74. The van der Waals surface area contributed by atoms with Gasteiger partial charge < -0.3 is 5.32 Å². The van der Waals surface area contributed by atoms with Crippen LogP contribution in [0.3, 0.4) is 0 Å². The topological polar surface area (TPSA) is 12.0 Å². The van der Waals surface area contributed by atoms with E-state index in [9.17, 15) is 0 Å². The summed E-state index contributed by atoms with van der Waals surface area (Å²) in [7, 11) is 0. The van der Waals surface area contributed by atoms with Gasteiger partial charge in [0.05, 0.1) is 0 Å². The van der Waals surface area contributed by atoms with Crippen LogP contribution in [-0.2, 0) is 6.42 Å². The van der Waals surface area contributed by atoms with Crippen molar-refractivity contribution in [3.63, 3.8) is 0 Å². The van der Waals surface area contributed by atoms with Crippen molar-refractivity contribution in [2.24, 2.45) is 11.8 Å². The van der Waals surface area contributed by atoms with Gasteiger partial charge in [-0.2, -0.15) is 0 Å². The summed E-state index contributed by atoms with van der Waals surface area (Å²) in [6.07, 6.45) is 1.17. The molecule has 3 heteroatoms. The van der Waals surface area contributed by atoms with Gasteiger partial charge in [-0.3, -0.25) is 0 Å². The van der Waals surface area contributed by atoms with Crippen LogP contribution in [-0.4, -0.2) is 12.6 Å². The highest BCUT2D eigenvalue weighted by Crippen LogP contribution is 2.29. The summed E-state index contributed by atoms with van der Waals surface area (Å²) in [4.78, 5) is 1.48. The third-order valence-electron chi connectivity index (χ3n) is 3.14. The lowest BCUT2D eigenvalue weighted by Crippen LogP contribution is -2.37. The average Bonchev–Trinajstić information content (AvgIpc) is 2.60. The van der Waals surface area contributed by atoms with E-state index in [4.69, 9.17) is 0 Å². The first-order valence-corrected chi connectivity index (χ1v) is 7.68. The zero-order valence-electron chi connectivity index (χ0n) is 10.6. The second kappa shape index (κ2) is 6.77. The predicted molar refractivity (Wildman–Crippen MR) is 77.2 cm³/mol. The summed E-state index contributed by atoms with van der Waals surface area (Å²) in [6, 6.07) is 2.73. The Labute approximate surface area is 112 Å². The van der Waals surface area contributed by atoms with Gasteiger partial charge in [-0.05, 0) is 59.1 Å². The third kappa shape index (κ3) is 3.86. The summed E-state index contributed by atoms with van der Waals surface area (Å²) < 4.78 is 1.27. The van der Waals surface area contributed by atoms with E-state index >= 15 is 0 Å². The standard InChI is InChI=1S/C13H22BrNS/c1-5-15-10(4)11(9(2)3)8-13-12(14)6-7-16-13/h6-7,9-11,15H,5,8H2,1-4H3. The maximum absolute atomic E-state index is 3.62. The van der Waals surface area contributed by atoms with Gasteiger partial charge in [0.15, 0.2) is 0 Å². The average molecular weight is 304 g/mol. The summed E-state index contributed by atoms with van der Waals surface area (Å²) in [6.45, 7) is 10.2. The number of hydrogen-bond acceptors (Lipinski definition) is 2. The van der Waals surface area contributed by atoms with Crippen molar-refractivity contribution >= 4 is 27.3 Å². The molecule has 92 valence electrons. The van der Waals surface area contributed by atoms with E-state index in [2.05, 4.69) is 60.4 Å². The van der Waals surface area contributed by atoms with Crippen molar-refractivity contribution in [2.45, 2.75) is 40.2 Å². The number of thiophene rings is 1. The van der Waals surface area contributed by atoms with E-state index in [0.29, 0.717) is 17.9 Å². The van der Waals surface area contributed by atoms with Gasteiger partial charge in [-0.25, -0.2) is 0 Å². The van der Waals surface area contributed by atoms with Crippen molar-refractivity contribution in [3.05, 3.63) is 20.8 Å². The molecule has 0 fully saturated rings. The van der Waals surface area contributed by atoms with Gasteiger partial charge >= 0.3 is 0 Å². The second-order valence-electron chi connectivity index (χ2n) is 4.65. The Morgan fingerprint density at radius 2 is 2.06 bits per heavy atom. The van der Waals surface area contributed by atoms with Crippen LogP contribution < -0.4 is 5.32 Å². The Bertz CT molecular complexity index is 309. The van der Waals surface area contributed by atoms with E-state index in [0.717, 1.165) is 6.54 Å². The third-order valence-corrected chi connectivity index (χ3v) is 5.09. The predicted octanol–water partition coefficient (Wildman–Crippen LogP) is 4.32. The molecule has 0 saturated carbocycles. The van der Waals surface area contributed by atoms with Gasteiger partial charge in [-0.15, -0.1) is 11.3 Å². The highest BCUT2D eigenvalue weighted by Gasteiger charge is 2.21. The second-order valence-corrected chi connectivity index (χ2v) is 6.51. The minimum Gasteiger partial charge on any atom is -0.314 e. The van der Waals surface area contributed by atoms with Crippen LogP contribution in [0.4, 0.5) is 0 Å². The quantitative estimate of drug-likeness (QED) is 0.825. The molecule has 0 spiro atoms. The first-order valence-electron chi connectivity index (χ1n) is 6.01. The van der Waals surface area contributed by atoms with Gasteiger partial charge in [0.2, 0.25) is 0 Å². The van der Waals surface area contributed by atoms with Gasteiger partial charge in [0, 0.05) is 15.4 Å². The van der Waals surface area contributed by atoms with Crippen molar-refractivity contribution < 1.29 is 0 Å². The zero-order chi connectivity index (χ0) is 12.1. The van der Waals surface area contributed by atoms with E-state index in [-0.39, 0.29) is 0 Å². The van der Waals surface area contributed by atoms with E-state index in [1.165, 1.54) is 15.8 Å². The Morgan fingerprint density at radius 1 is 1.38 bits per heavy atom. The molecule has 1 rings (SSSR count). The van der Waals surface area contributed by atoms with E-state index in [1.54, 1.807) is 0 Å². The molecule has 0 bridgehead atoms. The summed E-state index contributed by atoms with van der Waals surface area (Å²) in [5.41, 5.74) is 0. The number of hydrogen-bond donors (Lipinski definition) is 1. The minimum atomic E-state index is 0.582. The zero-order valence-corrected chi connectivity index (χ0v) is 13.0. The van der Waals surface area contributed by atoms with E-state index < -0.39 is 0 Å². The molecule has 0 saturated heterocycles. The lowest BCUT2D eigenvalue weighted by molar-refractivity contribution is 0.293. The van der Waals surface area contributed by atoms with Crippen LogP contribution in [0.25, 0.3) is 0 Å². The molecule has 1 N–H and O–H groups in total. The number of nitrogens with one attached hydrogen (secondary N) is 1. The lowest BCUT2D eigenvalue weighted by atomic mass is 9.86. The molecular formula is C13H22BrNS. The highest BCUT2D eigenvalue weighted by molar-refractivity contribution is 9.10. The Balaban J connectivity index is 2.68. The molecule has 0 aliphatic carbocycles. The van der Waals surface area contributed by atoms with Crippen LogP contribution >= 0.6 is 27.3 Å². The summed E-state index contributed by atoms with van der Waals surface area (Å²) in [5.74, 6) is 1.41. The highest BCUT2D eigenvalue weighted by atomic mass is 79.9. The van der Waals surface area contributed by atoms with Gasteiger partial charge in [-0.1, -0.05) is 20.8 Å². The normalized spacial score (nSPS) is 15.4. The van der Waals surface area contributed by atoms with Crippen molar-refractivity contribution in [1.29, 1.82) is 0 Å². The van der Waals surface area contributed by atoms with Crippen LogP contribution in [0.15, 0.2) is 15.9 Å². The van der Waals surface area contributed by atoms with Crippen LogP contribution in [0.5, 0.6) is 0 Å². The molecule has 0 aromatic carbocycles. The van der Waals surface area contributed by atoms with Gasteiger partial charge in [0.25, 0.3) is 0 Å². The van der Waals surface area contributed by atoms with Crippen LogP contribution in [0.1, 0.15) is 32.6 Å². The fraction of sp³-hybridized carbons (Fsp3) is 0.692. The number of rotatable bonds is 6. The fourth-order valence-electron chi connectivity index (χ4n) is 2.15. The number of halogens is 1. The first kappa shape index (κ1) is 14.2. The largest absolute Gasteiger partial charge is 0.314 e. The SMILES string of the molecule is CCNC(C)C(Cc1sccc1Br)C(C)C. The Hall–Kier alpha value is 0.140. The molecule has 1 heterocycles. The lowest BCUT2D eigenvalue weighted by Gasteiger charge is -2.28. The molecule has 16 heavy (non-hydrogen) atoms. The first-order chi connectivity index (χ1) is 7.56. The van der Waals surface area contributed by atoms with Crippen molar-refractivity contribution in [3.8, 4) is 0 Å². The maximum Gasteiger partial charge on any atom is 0.0314 e. The van der Waals surface area contributed by atoms with Crippen LogP contribution in [0, 0.1) is 11.8 Å². The molecule has 1 nitrogen and oxygen atoms in total. The Morgan fingerprint density at radius 3 is 2.50 bits per heavy atom. The molecule has 0 aliphatic heterocycles. The van der Waals surface area contributed by atoms with Crippen molar-refractivity contribution in [1.82, 2.24) is 5.32 Å². The minimum absolute atomic E-state index is 0.582. The monoisotopic (exact) mass is 303 g/mol. The Kier molecular flexibility index (Phi) is 6.01. The van der Waals surface area contributed by atoms with Crippen LogP contribution in [0.2, 0.25) is 0 Å². The van der Waals surface area contributed by atoms with E-state index in [1.807, 2.05) is 11.3 Å². The molecule has 2 atom stereocenters. The summed E-state index contributed by atoms with van der Waals surface area (Å²) in [5, 5.41) is 5.71. The molecular weight excluding hydrogens is 282 g/mol. The van der Waals surface area contributed by atoms with Gasteiger partial charge in [0.1, 0.15) is 0 Å². The molecule has 1 aromatic heterocycles. The molecule has 0 aliphatic rings. The molecule has 0 amide bonds. The molecule has 0 radical (unpaired) electrons. The molecule has 2 unspecified atom stereocenters. The summed E-state index contributed by atoms with van der Waals surface area (Å²) >= 11 is 5.48. The van der Waals surface area contributed by atoms with Crippen molar-refractivity contribution in [2.75, 3.05) is 6.54 Å². The molecule has 1 aromatic rings. The smallest absolute Gasteiger partial charge is 0.0314 e. The maximum atomic E-state index is 3.62.